The van der Waals surface area contributed by atoms with Crippen LogP contribution in [-0.4, -0.2) is 44.2 Å². The number of guanidine groups is 1. The summed E-state index contributed by atoms with van der Waals surface area (Å²) in [5.74, 6) is 1.94. The molecule has 3 rings (SSSR count). The zero-order valence-corrected chi connectivity index (χ0v) is 14.2. The number of benzene rings is 1. The summed E-state index contributed by atoms with van der Waals surface area (Å²) in [7, 11) is 1.71. The molecule has 1 aromatic carbocycles. The lowest BCUT2D eigenvalue weighted by atomic mass is 10.0. The molecule has 24 heavy (non-hydrogen) atoms. The first kappa shape index (κ1) is 16.6. The van der Waals surface area contributed by atoms with Crippen molar-refractivity contribution in [2.45, 2.75) is 19.4 Å². The molecule has 1 aliphatic heterocycles. The van der Waals surface area contributed by atoms with Crippen molar-refractivity contribution >= 4 is 5.96 Å². The smallest absolute Gasteiger partial charge is 0.194 e. The van der Waals surface area contributed by atoms with Crippen LogP contribution in [0.15, 0.2) is 52.1 Å². The van der Waals surface area contributed by atoms with Crippen molar-refractivity contribution in [3.63, 3.8) is 0 Å². The number of fused-ring (bicyclic) bond motifs is 1. The highest BCUT2D eigenvalue weighted by molar-refractivity contribution is 5.80. The summed E-state index contributed by atoms with van der Waals surface area (Å²) in [6.07, 6.45) is 3.62. The minimum absolute atomic E-state index is 0.633. The maximum absolute atomic E-state index is 5.39. The van der Waals surface area contributed by atoms with E-state index in [1.807, 2.05) is 12.1 Å². The first-order chi connectivity index (χ1) is 11.9. The minimum atomic E-state index is 0.633. The molecular weight excluding hydrogens is 302 g/mol. The van der Waals surface area contributed by atoms with Gasteiger partial charge in [-0.3, -0.25) is 4.99 Å². The Morgan fingerprint density at radius 3 is 2.92 bits per heavy atom. The molecule has 0 bridgehead atoms. The Morgan fingerprint density at radius 1 is 1.25 bits per heavy atom. The lowest BCUT2D eigenvalue weighted by Crippen LogP contribution is -2.44. The van der Waals surface area contributed by atoms with E-state index in [1.54, 1.807) is 13.4 Å². The van der Waals surface area contributed by atoms with Gasteiger partial charge in [-0.15, -0.1) is 0 Å². The maximum Gasteiger partial charge on any atom is 0.194 e. The van der Waals surface area contributed by atoms with Gasteiger partial charge in [-0.05, 0) is 29.7 Å². The van der Waals surface area contributed by atoms with Gasteiger partial charge in [-0.25, -0.2) is 0 Å². The van der Waals surface area contributed by atoms with Crippen molar-refractivity contribution in [3.05, 3.63) is 59.5 Å². The third-order valence-corrected chi connectivity index (χ3v) is 4.22. The third-order valence-electron chi connectivity index (χ3n) is 4.22. The number of rotatable bonds is 6. The van der Waals surface area contributed by atoms with E-state index >= 15 is 0 Å². The average Bonchev–Trinajstić information content (AvgIpc) is 3.13. The van der Waals surface area contributed by atoms with E-state index in [2.05, 4.69) is 34.5 Å². The number of nitrogens with one attached hydrogen (secondary N) is 1. The normalized spacial score (nSPS) is 14.5. The van der Waals surface area contributed by atoms with E-state index < -0.39 is 0 Å². The predicted octanol–water partition coefficient (Wildman–Crippen LogP) is 2.47. The van der Waals surface area contributed by atoms with Gasteiger partial charge in [0.15, 0.2) is 5.96 Å². The number of hydrogen-bond acceptors (Lipinski definition) is 3. The number of methoxy groups -OCH3 is 1. The summed E-state index contributed by atoms with van der Waals surface area (Å²) in [5.41, 5.74) is 2.83. The topological polar surface area (TPSA) is 50.0 Å². The van der Waals surface area contributed by atoms with Crippen molar-refractivity contribution in [2.24, 2.45) is 4.99 Å². The Morgan fingerprint density at radius 2 is 2.12 bits per heavy atom. The van der Waals surface area contributed by atoms with Gasteiger partial charge in [0.25, 0.3) is 0 Å². The second-order valence-electron chi connectivity index (χ2n) is 5.89. The molecule has 0 aliphatic carbocycles. The Balaban J connectivity index is 1.62. The second kappa shape index (κ2) is 8.55. The molecule has 0 spiro atoms. The number of hydrogen-bond donors (Lipinski definition) is 1. The lowest BCUT2D eigenvalue weighted by Gasteiger charge is -2.31. The van der Waals surface area contributed by atoms with Crippen LogP contribution in [0.1, 0.15) is 16.9 Å². The first-order valence-corrected chi connectivity index (χ1v) is 8.48. The summed E-state index contributed by atoms with van der Waals surface area (Å²) in [4.78, 5) is 7.02. The largest absolute Gasteiger partial charge is 0.469 e. The minimum Gasteiger partial charge on any atom is -0.469 e. The quantitative estimate of drug-likeness (QED) is 0.503. The molecule has 1 aliphatic rings. The Kier molecular flexibility index (Phi) is 5.90. The fourth-order valence-corrected chi connectivity index (χ4v) is 2.94. The van der Waals surface area contributed by atoms with Crippen LogP contribution in [0, 0.1) is 0 Å². The van der Waals surface area contributed by atoms with Crippen LogP contribution in [0.5, 0.6) is 0 Å². The van der Waals surface area contributed by atoms with E-state index in [1.165, 1.54) is 11.1 Å². The number of ether oxygens (including phenoxy) is 1. The van der Waals surface area contributed by atoms with Crippen LogP contribution in [0.4, 0.5) is 0 Å². The van der Waals surface area contributed by atoms with Crippen LogP contribution in [-0.2, 0) is 24.1 Å². The molecule has 1 aromatic heterocycles. The molecule has 0 radical (unpaired) electrons. The van der Waals surface area contributed by atoms with Crippen molar-refractivity contribution in [1.82, 2.24) is 10.2 Å². The molecule has 0 fully saturated rings. The summed E-state index contributed by atoms with van der Waals surface area (Å²) < 4.78 is 10.5. The Bertz CT molecular complexity index is 652. The summed E-state index contributed by atoms with van der Waals surface area (Å²) in [6, 6.07) is 12.6. The molecule has 0 unspecified atom stereocenters. The molecule has 5 nitrogen and oxygen atoms in total. The number of nitrogens with zero attached hydrogens (tertiary/aromatic N) is 2. The highest BCUT2D eigenvalue weighted by atomic mass is 16.5. The van der Waals surface area contributed by atoms with Crippen LogP contribution in [0.3, 0.4) is 0 Å². The lowest BCUT2D eigenvalue weighted by molar-refractivity contribution is 0.207. The van der Waals surface area contributed by atoms with Gasteiger partial charge in [0.05, 0.1) is 19.4 Å². The summed E-state index contributed by atoms with van der Waals surface area (Å²) in [5, 5.41) is 3.48. The van der Waals surface area contributed by atoms with Crippen LogP contribution in [0.25, 0.3) is 0 Å². The summed E-state index contributed by atoms with van der Waals surface area (Å²) in [6.45, 7) is 3.98. The van der Waals surface area contributed by atoms with E-state index in [0.29, 0.717) is 13.2 Å². The van der Waals surface area contributed by atoms with Gasteiger partial charge in [0.1, 0.15) is 5.76 Å². The van der Waals surface area contributed by atoms with Gasteiger partial charge in [0, 0.05) is 33.2 Å². The average molecular weight is 327 g/mol. The molecule has 5 heteroatoms. The van der Waals surface area contributed by atoms with Crippen molar-refractivity contribution in [1.29, 1.82) is 0 Å². The molecule has 2 aromatic rings. The van der Waals surface area contributed by atoms with Crippen LogP contribution < -0.4 is 5.32 Å². The Labute approximate surface area is 143 Å². The molecule has 128 valence electrons. The van der Waals surface area contributed by atoms with E-state index in [-0.39, 0.29) is 0 Å². The zero-order chi connectivity index (χ0) is 16.6. The maximum atomic E-state index is 5.39. The van der Waals surface area contributed by atoms with Crippen LogP contribution in [0.2, 0.25) is 0 Å². The van der Waals surface area contributed by atoms with Gasteiger partial charge in [0.2, 0.25) is 0 Å². The monoisotopic (exact) mass is 327 g/mol. The SMILES string of the molecule is COCCN=C(NCCc1ccco1)N1CCc2ccccc2C1. The molecule has 0 saturated heterocycles. The van der Waals surface area contributed by atoms with E-state index in [0.717, 1.165) is 44.2 Å². The first-order valence-electron chi connectivity index (χ1n) is 8.48. The number of aliphatic imine (C=N–C) groups is 1. The summed E-state index contributed by atoms with van der Waals surface area (Å²) >= 11 is 0. The molecule has 0 atom stereocenters. The van der Waals surface area contributed by atoms with Gasteiger partial charge in [-0.1, -0.05) is 24.3 Å². The molecular formula is C19H25N3O2. The fourth-order valence-electron chi connectivity index (χ4n) is 2.94. The standard InChI is InChI=1S/C19H25N3O2/c1-23-14-11-21-19(20-10-8-18-7-4-13-24-18)22-12-9-16-5-2-3-6-17(16)15-22/h2-7,13H,8-12,14-15H2,1H3,(H,20,21). The highest BCUT2D eigenvalue weighted by Gasteiger charge is 2.18. The third kappa shape index (κ3) is 4.38. The van der Waals surface area contributed by atoms with E-state index in [9.17, 15) is 0 Å². The van der Waals surface area contributed by atoms with Crippen molar-refractivity contribution in [3.8, 4) is 0 Å². The molecule has 2 heterocycles. The fraction of sp³-hybridized carbons (Fsp3) is 0.421. The number of furan rings is 1. The van der Waals surface area contributed by atoms with Gasteiger partial charge in [-0.2, -0.15) is 0 Å². The molecule has 1 N–H and O–H groups in total. The zero-order valence-electron chi connectivity index (χ0n) is 14.2. The Hall–Kier alpha value is -2.27. The van der Waals surface area contributed by atoms with E-state index in [4.69, 9.17) is 14.1 Å². The highest BCUT2D eigenvalue weighted by Crippen LogP contribution is 2.18. The van der Waals surface area contributed by atoms with Gasteiger partial charge >= 0.3 is 0 Å². The van der Waals surface area contributed by atoms with Gasteiger partial charge < -0.3 is 19.4 Å². The van der Waals surface area contributed by atoms with Crippen molar-refractivity contribution in [2.75, 3.05) is 33.4 Å². The van der Waals surface area contributed by atoms with Crippen molar-refractivity contribution < 1.29 is 9.15 Å². The molecule has 0 amide bonds. The predicted molar refractivity (Wildman–Crippen MR) is 95.1 cm³/mol. The second-order valence-corrected chi connectivity index (χ2v) is 5.89. The molecule has 0 saturated carbocycles. The van der Waals surface area contributed by atoms with Crippen LogP contribution >= 0.6 is 0 Å².